The normalized spacial score (nSPS) is 22.6. The van der Waals surface area contributed by atoms with Gasteiger partial charge in [0.25, 0.3) is 0 Å². The monoisotopic (exact) mass is 272 g/mol. The second-order valence-electron chi connectivity index (χ2n) is 5.65. The topological polar surface area (TPSA) is 54.0 Å². The van der Waals surface area contributed by atoms with E-state index in [4.69, 9.17) is 9.47 Å². The quantitative estimate of drug-likeness (QED) is 0.552. The summed E-state index contributed by atoms with van der Waals surface area (Å²) in [5.41, 5.74) is 0. The van der Waals surface area contributed by atoms with E-state index in [0.29, 0.717) is 13.2 Å². The molecule has 112 valence electrons. The van der Waals surface area contributed by atoms with Crippen molar-refractivity contribution >= 4 is 0 Å². The molecule has 1 aliphatic carbocycles. The summed E-state index contributed by atoms with van der Waals surface area (Å²) in [6.45, 7) is 7.83. The van der Waals surface area contributed by atoms with Gasteiger partial charge in [-0.25, -0.2) is 0 Å². The molecule has 2 N–H and O–H groups in total. The average molecular weight is 272 g/mol. The van der Waals surface area contributed by atoms with Crippen LogP contribution in [0.3, 0.4) is 0 Å². The highest BCUT2D eigenvalue weighted by atomic mass is 16.5. The van der Waals surface area contributed by atoms with E-state index >= 15 is 0 Å². The fourth-order valence-corrected chi connectivity index (χ4v) is 2.24. The molecular weight excluding hydrogens is 244 g/mol. The molecule has 0 aromatic carbocycles. The van der Waals surface area contributed by atoms with Gasteiger partial charge >= 0.3 is 0 Å². The Morgan fingerprint density at radius 3 is 2.84 bits per heavy atom. The van der Waals surface area contributed by atoms with Gasteiger partial charge in [0.15, 0.2) is 0 Å². The van der Waals surface area contributed by atoms with E-state index in [1.807, 2.05) is 0 Å². The van der Waals surface area contributed by atoms with Crippen molar-refractivity contribution in [1.82, 2.24) is 10.2 Å². The first-order valence-corrected chi connectivity index (χ1v) is 7.61. The maximum atomic E-state index is 9.72. The van der Waals surface area contributed by atoms with Crippen LogP contribution in [0.1, 0.15) is 19.3 Å². The smallest absolute Gasteiger partial charge is 0.0897 e. The Bertz CT molecular complexity index is 231. The van der Waals surface area contributed by atoms with Crippen LogP contribution in [0.5, 0.6) is 0 Å². The van der Waals surface area contributed by atoms with Crippen molar-refractivity contribution in [2.24, 2.45) is 5.92 Å². The third kappa shape index (κ3) is 7.22. The summed E-state index contributed by atoms with van der Waals surface area (Å²) in [7, 11) is 0. The lowest BCUT2D eigenvalue weighted by Crippen LogP contribution is -2.38. The molecule has 0 aromatic heterocycles. The van der Waals surface area contributed by atoms with Gasteiger partial charge in [0, 0.05) is 26.2 Å². The predicted molar refractivity (Wildman–Crippen MR) is 74.3 cm³/mol. The highest BCUT2D eigenvalue weighted by Gasteiger charge is 2.21. The predicted octanol–water partition coefficient (Wildman–Crippen LogP) is 0.0858. The van der Waals surface area contributed by atoms with E-state index in [9.17, 15) is 5.11 Å². The van der Waals surface area contributed by atoms with Gasteiger partial charge in [0.05, 0.1) is 25.9 Å². The van der Waals surface area contributed by atoms with Crippen molar-refractivity contribution in [2.45, 2.75) is 25.4 Å². The van der Waals surface area contributed by atoms with Crippen LogP contribution in [-0.4, -0.2) is 75.3 Å². The first-order chi connectivity index (χ1) is 9.34. The van der Waals surface area contributed by atoms with E-state index in [1.165, 1.54) is 12.8 Å². The Morgan fingerprint density at radius 1 is 1.32 bits per heavy atom. The number of hydrogen-bond donors (Lipinski definition) is 2. The van der Waals surface area contributed by atoms with Crippen molar-refractivity contribution in [1.29, 1.82) is 0 Å². The summed E-state index contributed by atoms with van der Waals surface area (Å²) in [6.07, 6.45) is 3.35. The number of aliphatic hydroxyl groups is 1. The zero-order valence-corrected chi connectivity index (χ0v) is 11.9. The number of nitrogens with zero attached hydrogens (tertiary/aromatic N) is 1. The summed E-state index contributed by atoms with van der Waals surface area (Å²) in [5, 5.41) is 13.0. The Hall–Kier alpha value is -0.200. The molecule has 0 bridgehead atoms. The highest BCUT2D eigenvalue weighted by molar-refractivity contribution is 4.72. The van der Waals surface area contributed by atoms with Crippen LogP contribution in [0.4, 0.5) is 0 Å². The third-order valence-electron chi connectivity index (χ3n) is 3.67. The molecule has 5 heteroatoms. The Morgan fingerprint density at radius 2 is 2.11 bits per heavy atom. The summed E-state index contributed by atoms with van der Waals surface area (Å²) >= 11 is 0. The Kier molecular flexibility index (Phi) is 7.09. The summed E-state index contributed by atoms with van der Waals surface area (Å²) in [6, 6.07) is 0. The summed E-state index contributed by atoms with van der Waals surface area (Å²) in [5.74, 6) is 0.772. The van der Waals surface area contributed by atoms with Crippen molar-refractivity contribution in [3.63, 3.8) is 0 Å². The molecule has 0 aromatic rings. The first-order valence-electron chi connectivity index (χ1n) is 7.61. The van der Waals surface area contributed by atoms with E-state index in [0.717, 1.165) is 58.3 Å². The minimum Gasteiger partial charge on any atom is -0.389 e. The number of hydrogen-bond acceptors (Lipinski definition) is 5. The first kappa shape index (κ1) is 15.2. The third-order valence-corrected chi connectivity index (χ3v) is 3.67. The van der Waals surface area contributed by atoms with Gasteiger partial charge in [-0.2, -0.15) is 0 Å². The van der Waals surface area contributed by atoms with E-state index < -0.39 is 0 Å². The standard InChI is InChI=1S/C14H28N2O3/c17-14(12-19-11-13-2-3-13)10-15-4-1-5-16-6-8-18-9-7-16/h13-15,17H,1-12H2. The number of nitrogens with one attached hydrogen (secondary N) is 1. The maximum Gasteiger partial charge on any atom is 0.0897 e. The summed E-state index contributed by atoms with van der Waals surface area (Å²) < 4.78 is 10.8. The van der Waals surface area contributed by atoms with Crippen LogP contribution < -0.4 is 5.32 Å². The Balaban J connectivity index is 1.36. The molecule has 1 atom stereocenters. The van der Waals surface area contributed by atoms with E-state index in [-0.39, 0.29) is 6.10 Å². The molecule has 1 heterocycles. The lowest BCUT2D eigenvalue weighted by atomic mass is 10.3. The van der Waals surface area contributed by atoms with Gasteiger partial charge in [-0.1, -0.05) is 0 Å². The van der Waals surface area contributed by atoms with E-state index in [2.05, 4.69) is 10.2 Å². The maximum absolute atomic E-state index is 9.72. The van der Waals surface area contributed by atoms with Crippen LogP contribution >= 0.6 is 0 Å². The molecule has 0 spiro atoms. The molecule has 2 fully saturated rings. The van der Waals surface area contributed by atoms with Gasteiger partial charge in [-0.15, -0.1) is 0 Å². The molecule has 19 heavy (non-hydrogen) atoms. The van der Waals surface area contributed by atoms with Crippen molar-refractivity contribution in [2.75, 3.05) is 59.2 Å². The van der Waals surface area contributed by atoms with Gasteiger partial charge in [-0.05, 0) is 38.3 Å². The van der Waals surface area contributed by atoms with Gasteiger partial charge in [0.2, 0.25) is 0 Å². The lowest BCUT2D eigenvalue weighted by molar-refractivity contribution is 0.0311. The second kappa shape index (κ2) is 8.87. The molecular formula is C14H28N2O3. The minimum atomic E-state index is -0.373. The zero-order chi connectivity index (χ0) is 13.3. The van der Waals surface area contributed by atoms with Gasteiger partial charge < -0.3 is 19.9 Å². The van der Waals surface area contributed by atoms with Crippen LogP contribution in [0.25, 0.3) is 0 Å². The molecule has 1 saturated carbocycles. The zero-order valence-electron chi connectivity index (χ0n) is 11.9. The highest BCUT2D eigenvalue weighted by Crippen LogP contribution is 2.28. The number of ether oxygens (including phenoxy) is 2. The number of rotatable bonds is 10. The lowest BCUT2D eigenvalue weighted by Gasteiger charge is -2.26. The molecule has 1 saturated heterocycles. The fourth-order valence-electron chi connectivity index (χ4n) is 2.24. The van der Waals surface area contributed by atoms with Gasteiger partial charge in [0.1, 0.15) is 0 Å². The molecule has 0 amide bonds. The molecule has 1 unspecified atom stereocenters. The van der Waals surface area contributed by atoms with Crippen LogP contribution in [-0.2, 0) is 9.47 Å². The average Bonchev–Trinajstić information content (AvgIpc) is 3.24. The molecule has 2 rings (SSSR count). The SMILES string of the molecule is OC(CNCCCN1CCOCC1)COCC1CC1. The number of morpholine rings is 1. The van der Waals surface area contributed by atoms with Crippen LogP contribution in [0, 0.1) is 5.92 Å². The fraction of sp³-hybridized carbons (Fsp3) is 1.00. The van der Waals surface area contributed by atoms with E-state index in [1.54, 1.807) is 0 Å². The molecule has 5 nitrogen and oxygen atoms in total. The molecule has 0 radical (unpaired) electrons. The molecule has 2 aliphatic rings. The second-order valence-corrected chi connectivity index (χ2v) is 5.65. The molecule has 1 aliphatic heterocycles. The number of aliphatic hydroxyl groups excluding tert-OH is 1. The largest absolute Gasteiger partial charge is 0.389 e. The Labute approximate surface area is 116 Å². The van der Waals surface area contributed by atoms with Crippen LogP contribution in [0.2, 0.25) is 0 Å². The van der Waals surface area contributed by atoms with Gasteiger partial charge in [-0.3, -0.25) is 4.90 Å². The minimum absolute atomic E-state index is 0.373. The van der Waals surface area contributed by atoms with Crippen LogP contribution in [0.15, 0.2) is 0 Å². The summed E-state index contributed by atoms with van der Waals surface area (Å²) in [4.78, 5) is 2.43. The van der Waals surface area contributed by atoms with Crippen molar-refractivity contribution in [3.8, 4) is 0 Å². The van der Waals surface area contributed by atoms with Crippen molar-refractivity contribution in [3.05, 3.63) is 0 Å². The van der Waals surface area contributed by atoms with Crippen molar-refractivity contribution < 1.29 is 14.6 Å².